The van der Waals surface area contributed by atoms with Gasteiger partial charge < -0.3 is 98.8 Å². The van der Waals surface area contributed by atoms with Crippen molar-refractivity contribution in [3.05, 3.63) is 0 Å². The molecule has 0 spiro atoms. The Morgan fingerprint density at radius 2 is 0.780 bits per heavy atom. The molecule has 5 aliphatic rings. The molecule has 5 rings (SSSR count). The van der Waals surface area contributed by atoms with Crippen molar-refractivity contribution < 1.29 is 199 Å². The third kappa shape index (κ3) is 18.7. The third-order valence-corrected chi connectivity index (χ3v) is 14.9. The fraction of sp³-hybridized carbons (Fsp3) is 0.933. The summed E-state index contributed by atoms with van der Waals surface area (Å²) in [6, 6.07) is -7.85. The van der Waals surface area contributed by atoms with E-state index >= 15 is 0 Å². The summed E-state index contributed by atoms with van der Waals surface area (Å²) in [5.74, 6) is -4.64. The van der Waals surface area contributed by atoms with Crippen LogP contribution in [0.25, 0.3) is 0 Å². The number of aliphatic carboxylic acids is 2. The number of carboxylic acid groups (broad SMARTS) is 2. The number of hydrogen-bond acceptors (Lipinski definition) is 35. The second-order valence-corrected chi connectivity index (χ2v) is 24.3. The minimum Gasteiger partial charge on any atom is -0.479 e. The monoisotopic (exact) mass is 1330 g/mol. The predicted octanol–water partition coefficient (Wildman–Crippen LogP) is -14.1. The van der Waals surface area contributed by atoms with Crippen molar-refractivity contribution in [1.82, 2.24) is 14.2 Å². The van der Waals surface area contributed by atoms with Gasteiger partial charge in [-0.15, -0.1) is 0 Å². The summed E-state index contributed by atoms with van der Waals surface area (Å²) in [5, 5.41) is 118. The van der Waals surface area contributed by atoms with Gasteiger partial charge in [-0.05, 0) is 0 Å². The van der Waals surface area contributed by atoms with Crippen LogP contribution in [0.5, 0.6) is 0 Å². The van der Waals surface area contributed by atoms with E-state index in [4.69, 9.17) is 47.2 Å². The summed E-state index contributed by atoms with van der Waals surface area (Å²) in [7, 11) is -34.2. The Morgan fingerprint density at radius 3 is 1.20 bits per heavy atom. The molecule has 0 aromatic heterocycles. The molecule has 0 aliphatic carbocycles. The summed E-state index contributed by atoms with van der Waals surface area (Å²) < 4.78 is 264. The van der Waals surface area contributed by atoms with Crippen molar-refractivity contribution in [2.75, 3.05) is 19.8 Å². The first kappa shape index (κ1) is 70.2. The highest BCUT2D eigenvalue weighted by Crippen LogP contribution is 2.37. The van der Waals surface area contributed by atoms with Crippen LogP contribution in [-0.2, 0) is 127 Å². The van der Waals surface area contributed by atoms with E-state index in [1.165, 1.54) is 14.2 Å². The van der Waals surface area contributed by atoms with Gasteiger partial charge in [0.15, 0.2) is 43.7 Å². The number of carboxylic acids is 2. The molecule has 0 bridgehead atoms. The Labute approximate surface area is 458 Å². The molecule has 25 atom stereocenters. The van der Waals surface area contributed by atoms with E-state index in [1.54, 1.807) is 0 Å². The van der Waals surface area contributed by atoms with Gasteiger partial charge in [0, 0.05) is 0 Å². The SMILES string of the molecule is O=C(O)[C@H]1O[C@@H](O[C@H]2[C@H](OS(=O)(=O)O)[C@@H](NS(=O)(=O)O)[C@@H](O[C@H]3[C@H](O)[C@@H](O)[C@H](O[C@H]4[C@H](O)[C@@H](NS(=O)(=O)O)[C@@H](O)O[C@@H]4CO)O[C@H]3C(=O)O)O[C@@H]2COS(=O)(=O)O)[C@H](O)[C@@H](O)[C@@H]1O[C@H]1O[C@H](COS(=O)(=O)O)[C@@H](O)[C@H](O)[C@H]1NS(=O)(=O)O. The molecule has 20 N–H and O–H groups in total. The largest absolute Gasteiger partial charge is 0.479 e. The lowest BCUT2D eigenvalue weighted by Crippen LogP contribution is -2.71. The maximum absolute atomic E-state index is 12.7. The lowest BCUT2D eigenvalue weighted by atomic mass is 9.94. The molecule has 5 heterocycles. The van der Waals surface area contributed by atoms with Gasteiger partial charge in [-0.3, -0.25) is 27.3 Å². The zero-order valence-corrected chi connectivity index (χ0v) is 44.6. The van der Waals surface area contributed by atoms with E-state index < -0.39 is 247 Å². The minimum atomic E-state index is -6.22. The van der Waals surface area contributed by atoms with E-state index in [0.717, 1.165) is 0 Å². The third-order valence-electron chi connectivity index (χ3n) is 11.8. The number of ether oxygens (including phenoxy) is 9. The molecular formula is C30H51N3O43S6. The standard InChI is InChI=1S/C30H51N3O43S6/c34-1-4-17(12(37)7(26(46)67-4)31-77(47,48)49)70-29-15(40)13(38)21(23(74-29)25(44)45)73-28-9(33-79(53,54)55)19(76-82(62,63)64)18(6(69-28)3-66-81(59,60)61)71-30-16(41)14(39)20(22(75-30)24(42)43)72-27-8(32-78(50,51)52)11(36)10(35)5(68-27)2-65-80(56,57)58/h4-23,26-41,46H,1-3H2,(H,42,43)(H,44,45)(H,47,48,49)(H,50,51,52)(H,53,54,55)(H,56,57,58)(H,59,60,61)(H,62,63,64)/t4-,5-,6-,7-,8-,9-,10-,11-,12-,13-,14-,15-,16-,17-,18-,19-,20+,21+,22+,23-,26+,27-,28-,29-,30-/m1/s1. The van der Waals surface area contributed by atoms with E-state index in [9.17, 15) is 139 Å². The zero-order valence-electron chi connectivity index (χ0n) is 39.7. The number of rotatable bonds is 25. The number of nitrogens with one attached hydrogen (secondary N) is 3. The van der Waals surface area contributed by atoms with Crippen molar-refractivity contribution in [2.24, 2.45) is 0 Å². The second-order valence-electron chi connectivity index (χ2n) is 17.5. The molecule has 0 saturated carbocycles. The van der Waals surface area contributed by atoms with Crippen molar-refractivity contribution >= 4 is 74.0 Å². The Morgan fingerprint density at radius 1 is 0.390 bits per heavy atom. The molecule has 480 valence electrons. The summed E-state index contributed by atoms with van der Waals surface area (Å²) >= 11 is 0. The van der Waals surface area contributed by atoms with E-state index in [1.807, 2.05) is 0 Å². The first-order valence-corrected chi connectivity index (χ1v) is 30.3. The van der Waals surface area contributed by atoms with Crippen LogP contribution in [0.4, 0.5) is 0 Å². The summed E-state index contributed by atoms with van der Waals surface area (Å²) in [6.07, 6.45) is -59.4. The topological polar surface area (TPSA) is 730 Å². The van der Waals surface area contributed by atoms with Crippen molar-refractivity contribution in [3.63, 3.8) is 0 Å². The van der Waals surface area contributed by atoms with Crippen molar-refractivity contribution in [3.8, 4) is 0 Å². The molecule has 82 heavy (non-hydrogen) atoms. The van der Waals surface area contributed by atoms with Crippen LogP contribution >= 0.6 is 0 Å². The molecule has 0 aromatic rings. The molecule has 46 nitrogen and oxygen atoms in total. The van der Waals surface area contributed by atoms with Crippen LogP contribution in [0.2, 0.25) is 0 Å². The summed E-state index contributed by atoms with van der Waals surface area (Å²) in [6.45, 7) is -4.57. The van der Waals surface area contributed by atoms with E-state index in [-0.39, 0.29) is 0 Å². The maximum Gasteiger partial charge on any atom is 0.397 e. The lowest BCUT2D eigenvalue weighted by molar-refractivity contribution is -0.374. The van der Waals surface area contributed by atoms with Crippen LogP contribution in [0.15, 0.2) is 0 Å². The maximum atomic E-state index is 12.7. The Kier molecular flexibility index (Phi) is 23.0. The average molecular weight is 1330 g/mol. The summed E-state index contributed by atoms with van der Waals surface area (Å²) in [5.41, 5.74) is 0. The van der Waals surface area contributed by atoms with Gasteiger partial charge in [0.2, 0.25) is 0 Å². The predicted molar refractivity (Wildman–Crippen MR) is 236 cm³/mol. The molecule has 0 amide bonds. The van der Waals surface area contributed by atoms with Gasteiger partial charge in [0.1, 0.15) is 110 Å². The van der Waals surface area contributed by atoms with Crippen molar-refractivity contribution in [2.45, 2.75) is 153 Å². The van der Waals surface area contributed by atoms with Gasteiger partial charge in [-0.2, -0.15) is 64.7 Å². The Bertz CT molecular complexity index is 2920. The molecule has 0 aromatic carbocycles. The normalized spacial score (nSPS) is 41.2. The first-order chi connectivity index (χ1) is 37.3. The van der Waals surface area contributed by atoms with Gasteiger partial charge >= 0.3 is 74.0 Å². The minimum absolute atomic E-state index is 1.19. The fourth-order valence-corrected chi connectivity index (χ4v) is 11.3. The smallest absolute Gasteiger partial charge is 0.397 e. The van der Waals surface area contributed by atoms with Crippen LogP contribution < -0.4 is 14.2 Å². The van der Waals surface area contributed by atoms with Gasteiger partial charge in [0.05, 0.1) is 19.8 Å². The number of hydrogen-bond donors (Lipinski definition) is 20. The highest BCUT2D eigenvalue weighted by molar-refractivity contribution is 7.84. The van der Waals surface area contributed by atoms with Crippen LogP contribution in [0.1, 0.15) is 0 Å². The average Bonchev–Trinajstić information content (AvgIpc) is 3.23. The van der Waals surface area contributed by atoms with Crippen LogP contribution in [0, 0.1) is 0 Å². The van der Waals surface area contributed by atoms with E-state index in [2.05, 4.69) is 12.5 Å². The van der Waals surface area contributed by atoms with E-state index in [0.29, 0.717) is 0 Å². The van der Waals surface area contributed by atoms with Gasteiger partial charge in [-0.1, -0.05) is 0 Å². The number of aliphatic hydroxyl groups is 9. The molecule has 5 aliphatic heterocycles. The molecule has 5 fully saturated rings. The summed E-state index contributed by atoms with van der Waals surface area (Å²) in [4.78, 5) is 25.4. The Balaban J connectivity index is 1.52. The highest BCUT2D eigenvalue weighted by atomic mass is 32.3. The Hall–Kier alpha value is -2.56. The lowest BCUT2D eigenvalue weighted by Gasteiger charge is -2.50. The zero-order chi connectivity index (χ0) is 62.3. The number of aliphatic hydroxyl groups excluding tert-OH is 9. The molecule has 0 unspecified atom stereocenters. The molecular weight excluding hydrogens is 1280 g/mol. The second kappa shape index (κ2) is 26.8. The molecule has 0 radical (unpaired) electrons. The van der Waals surface area contributed by atoms with Crippen LogP contribution in [0.3, 0.4) is 0 Å². The van der Waals surface area contributed by atoms with Crippen molar-refractivity contribution in [1.29, 1.82) is 0 Å². The quantitative estimate of drug-likeness (QED) is 0.0377. The number of carbonyl (C=O) groups is 2. The van der Waals surface area contributed by atoms with Crippen LogP contribution in [-0.4, -0.2) is 319 Å². The first-order valence-electron chi connectivity index (χ1n) is 21.8. The van der Waals surface area contributed by atoms with Gasteiger partial charge in [0.25, 0.3) is 0 Å². The van der Waals surface area contributed by atoms with Gasteiger partial charge in [-0.25, -0.2) is 22.1 Å². The molecule has 5 saturated heterocycles. The molecule has 52 heteroatoms. The highest BCUT2D eigenvalue weighted by Gasteiger charge is 2.60. The fourth-order valence-electron chi connectivity index (χ4n) is 8.43.